The van der Waals surface area contributed by atoms with Gasteiger partial charge in [0.1, 0.15) is 10.6 Å². The summed E-state index contributed by atoms with van der Waals surface area (Å²) in [6.07, 6.45) is 0. The van der Waals surface area contributed by atoms with E-state index in [-0.39, 0.29) is 11.6 Å². The van der Waals surface area contributed by atoms with Gasteiger partial charge in [0.05, 0.1) is 12.2 Å². The minimum Gasteiger partial charge on any atom is -0.298 e. The summed E-state index contributed by atoms with van der Waals surface area (Å²) < 4.78 is 13.9. The number of fused-ring (bicyclic) bond motifs is 1. The fraction of sp³-hybridized carbons (Fsp3) is 0.188. The van der Waals surface area contributed by atoms with Crippen LogP contribution in [-0.4, -0.2) is 12.3 Å². The van der Waals surface area contributed by atoms with Crippen molar-refractivity contribution in [2.75, 3.05) is 11.0 Å². The lowest BCUT2D eigenvalue weighted by Crippen LogP contribution is -2.43. The van der Waals surface area contributed by atoms with Gasteiger partial charge in [-0.2, -0.15) is 0 Å². The zero-order valence-corrected chi connectivity index (χ0v) is 12.9. The van der Waals surface area contributed by atoms with E-state index in [0.717, 1.165) is 16.1 Å². The molecule has 0 amide bonds. The predicted octanol–water partition coefficient (Wildman–Crippen LogP) is 4.38. The van der Waals surface area contributed by atoms with Crippen LogP contribution in [-0.2, 0) is 9.54 Å². The maximum absolute atomic E-state index is 13.2. The smallest absolute Gasteiger partial charge is 0.152 e. The first kappa shape index (κ1) is 14.4. The second-order valence-corrected chi connectivity index (χ2v) is 6.73. The van der Waals surface area contributed by atoms with Crippen molar-refractivity contribution in [2.24, 2.45) is 0 Å². The van der Waals surface area contributed by atoms with Crippen molar-refractivity contribution in [1.82, 2.24) is 0 Å². The van der Waals surface area contributed by atoms with Crippen molar-refractivity contribution in [3.05, 3.63) is 59.9 Å². The number of benzene rings is 2. The Kier molecular flexibility index (Phi) is 3.68. The molecule has 1 unspecified atom stereocenters. The monoisotopic (exact) mass is 321 g/mol. The third-order valence-electron chi connectivity index (χ3n) is 3.65. The van der Waals surface area contributed by atoms with Gasteiger partial charge in [0.2, 0.25) is 0 Å². The molecule has 0 radical (unpaired) electrons. The van der Waals surface area contributed by atoms with Gasteiger partial charge in [-0.05, 0) is 36.8 Å². The molecule has 0 N–H and O–H groups in total. The highest BCUT2D eigenvalue weighted by atomic mass is 35.5. The SMILES string of the molecule is CC(=O)C1(c2ccc(F)cc2)CN(Cl)c2ccccc2S1. The van der Waals surface area contributed by atoms with Gasteiger partial charge in [-0.1, -0.05) is 24.3 Å². The summed E-state index contributed by atoms with van der Waals surface area (Å²) in [5, 5.41) is 0. The normalized spacial score (nSPS) is 21.0. The highest BCUT2D eigenvalue weighted by Gasteiger charge is 2.44. The number of hydrogen-bond donors (Lipinski definition) is 0. The van der Waals surface area contributed by atoms with Gasteiger partial charge in [-0.3, -0.25) is 9.21 Å². The van der Waals surface area contributed by atoms with Crippen LogP contribution < -0.4 is 4.42 Å². The molecule has 0 bridgehead atoms. The van der Waals surface area contributed by atoms with E-state index in [1.54, 1.807) is 23.5 Å². The quantitative estimate of drug-likeness (QED) is 0.766. The molecule has 0 spiro atoms. The van der Waals surface area contributed by atoms with Crippen LogP contribution in [0, 0.1) is 5.82 Å². The topological polar surface area (TPSA) is 20.3 Å². The second-order valence-electron chi connectivity index (χ2n) is 4.98. The molecule has 0 aliphatic carbocycles. The van der Waals surface area contributed by atoms with Crippen LogP contribution in [0.2, 0.25) is 0 Å². The number of carbonyl (C=O) groups is 1. The Hall–Kier alpha value is -1.52. The standard InChI is InChI=1S/C16H13ClFNOS/c1-11(20)16(12-6-8-13(18)9-7-12)10-19(17)14-4-2-3-5-15(14)21-16/h2-9H,10H2,1H3. The Labute approximate surface area is 132 Å². The van der Waals surface area contributed by atoms with Crippen molar-refractivity contribution >= 4 is 35.0 Å². The zero-order valence-electron chi connectivity index (χ0n) is 11.3. The Morgan fingerprint density at radius 2 is 1.90 bits per heavy atom. The summed E-state index contributed by atoms with van der Waals surface area (Å²) in [5.74, 6) is -0.319. The number of ketones is 1. The fourth-order valence-electron chi connectivity index (χ4n) is 2.50. The van der Waals surface area contributed by atoms with E-state index in [2.05, 4.69) is 0 Å². The first-order valence-corrected chi connectivity index (χ1v) is 7.67. The van der Waals surface area contributed by atoms with Gasteiger partial charge in [0, 0.05) is 16.7 Å². The molecule has 2 aromatic carbocycles. The lowest BCUT2D eigenvalue weighted by atomic mass is 9.93. The number of nitrogens with zero attached hydrogens (tertiary/aromatic N) is 1. The van der Waals surface area contributed by atoms with E-state index >= 15 is 0 Å². The average Bonchev–Trinajstić information content (AvgIpc) is 2.47. The maximum Gasteiger partial charge on any atom is 0.152 e. The molecule has 1 atom stereocenters. The van der Waals surface area contributed by atoms with Crippen molar-refractivity contribution in [2.45, 2.75) is 16.6 Å². The van der Waals surface area contributed by atoms with Gasteiger partial charge in [-0.25, -0.2) is 4.39 Å². The van der Waals surface area contributed by atoms with Crippen LogP contribution in [0.3, 0.4) is 0 Å². The van der Waals surface area contributed by atoms with Crippen molar-refractivity contribution in [3.8, 4) is 0 Å². The summed E-state index contributed by atoms with van der Waals surface area (Å²) in [4.78, 5) is 13.3. The molecule has 0 saturated heterocycles. The molecule has 0 aromatic heterocycles. The minimum atomic E-state index is -0.816. The highest BCUT2D eigenvalue weighted by molar-refractivity contribution is 8.01. The lowest BCUT2D eigenvalue weighted by molar-refractivity contribution is -0.119. The lowest BCUT2D eigenvalue weighted by Gasteiger charge is -2.39. The Balaban J connectivity index is 2.12. The van der Waals surface area contributed by atoms with Crippen LogP contribution in [0.1, 0.15) is 12.5 Å². The molecule has 3 rings (SSSR count). The van der Waals surface area contributed by atoms with E-state index in [1.165, 1.54) is 23.9 Å². The molecule has 2 nitrogen and oxygen atoms in total. The molecule has 2 aromatic rings. The van der Waals surface area contributed by atoms with Crippen LogP contribution in [0.5, 0.6) is 0 Å². The van der Waals surface area contributed by atoms with Crippen molar-refractivity contribution in [3.63, 3.8) is 0 Å². The first-order valence-electron chi connectivity index (χ1n) is 6.51. The van der Waals surface area contributed by atoms with E-state index in [0.29, 0.717) is 6.54 Å². The summed E-state index contributed by atoms with van der Waals surface area (Å²) in [6, 6.07) is 13.7. The number of thioether (sulfide) groups is 1. The third-order valence-corrected chi connectivity index (χ3v) is 5.52. The largest absolute Gasteiger partial charge is 0.298 e. The number of rotatable bonds is 2. The van der Waals surface area contributed by atoms with Gasteiger partial charge >= 0.3 is 0 Å². The van der Waals surface area contributed by atoms with Gasteiger partial charge in [0.25, 0.3) is 0 Å². The van der Waals surface area contributed by atoms with Crippen LogP contribution in [0.25, 0.3) is 0 Å². The molecule has 5 heteroatoms. The number of carbonyl (C=O) groups excluding carboxylic acids is 1. The molecule has 108 valence electrons. The molecule has 0 fully saturated rings. The van der Waals surface area contributed by atoms with E-state index in [4.69, 9.17) is 11.8 Å². The van der Waals surface area contributed by atoms with E-state index < -0.39 is 4.75 Å². The van der Waals surface area contributed by atoms with Crippen LogP contribution in [0.4, 0.5) is 10.1 Å². The number of Topliss-reactive ketones (excluding diaryl/α,β-unsaturated/α-hetero) is 1. The molecular weight excluding hydrogens is 309 g/mol. The maximum atomic E-state index is 13.2. The summed E-state index contributed by atoms with van der Waals surface area (Å²) in [6.45, 7) is 1.90. The average molecular weight is 322 g/mol. The van der Waals surface area contributed by atoms with Gasteiger partial charge in [-0.15, -0.1) is 11.8 Å². The molecule has 21 heavy (non-hydrogen) atoms. The molecule has 1 aliphatic heterocycles. The number of halogens is 2. The van der Waals surface area contributed by atoms with E-state index in [1.807, 2.05) is 24.3 Å². The van der Waals surface area contributed by atoms with Crippen LogP contribution >= 0.6 is 23.5 Å². The highest BCUT2D eigenvalue weighted by Crippen LogP contribution is 2.51. The summed E-state index contributed by atoms with van der Waals surface area (Å²) >= 11 is 7.83. The number of anilines is 1. The molecule has 1 aliphatic rings. The fourth-order valence-corrected chi connectivity index (χ4v) is 4.34. The van der Waals surface area contributed by atoms with Crippen LogP contribution in [0.15, 0.2) is 53.4 Å². The molecular formula is C16H13ClFNOS. The number of hydrogen-bond acceptors (Lipinski definition) is 3. The number of para-hydroxylation sites is 1. The zero-order chi connectivity index (χ0) is 15.0. The summed E-state index contributed by atoms with van der Waals surface area (Å²) in [7, 11) is 0. The van der Waals surface area contributed by atoms with Crippen molar-refractivity contribution < 1.29 is 9.18 Å². The van der Waals surface area contributed by atoms with Gasteiger partial charge in [0.15, 0.2) is 5.78 Å². The Morgan fingerprint density at radius 1 is 1.24 bits per heavy atom. The Bertz CT molecular complexity index is 691. The van der Waals surface area contributed by atoms with E-state index in [9.17, 15) is 9.18 Å². The first-order chi connectivity index (χ1) is 10.0. The summed E-state index contributed by atoms with van der Waals surface area (Å²) in [5.41, 5.74) is 1.66. The third kappa shape index (κ3) is 2.43. The molecule has 0 saturated carbocycles. The predicted molar refractivity (Wildman–Crippen MR) is 84.3 cm³/mol. The minimum absolute atomic E-state index is 0.000684. The van der Waals surface area contributed by atoms with Gasteiger partial charge < -0.3 is 0 Å². The molecule has 1 heterocycles. The second kappa shape index (κ2) is 5.35. The Morgan fingerprint density at radius 3 is 2.57 bits per heavy atom. The van der Waals surface area contributed by atoms with Crippen molar-refractivity contribution in [1.29, 1.82) is 0 Å².